The molecule has 6 heteroatoms. The average molecular weight is 265 g/mol. The molecule has 0 unspecified atom stereocenters. The zero-order valence-corrected chi connectivity index (χ0v) is 10.4. The van der Waals surface area contributed by atoms with Gasteiger partial charge >= 0.3 is 0 Å². The second kappa shape index (κ2) is 5.31. The third-order valence-electron chi connectivity index (χ3n) is 2.75. The molecular weight excluding hydrogens is 254 g/mol. The average Bonchev–Trinajstić information content (AvgIpc) is 3.03. The second-order valence-electron chi connectivity index (χ2n) is 4.10. The summed E-state index contributed by atoms with van der Waals surface area (Å²) < 4.78 is 0. The van der Waals surface area contributed by atoms with Gasteiger partial charge in [-0.3, -0.25) is 14.9 Å². The van der Waals surface area contributed by atoms with Gasteiger partial charge in [-0.1, -0.05) is 12.1 Å². The Morgan fingerprint density at radius 1 is 1.15 bits per heavy atom. The van der Waals surface area contributed by atoms with Crippen LogP contribution in [-0.4, -0.2) is 26.1 Å². The standard InChI is InChI=1S/C14H11N5O/c20-14(18-12-4-6-15-7-5-12)11-3-1-2-10(8-11)13-16-9-17-19-13/h1-9H,(H,15,18,20)(H,16,17,19). The lowest BCUT2D eigenvalue weighted by atomic mass is 10.1. The van der Waals surface area contributed by atoms with E-state index in [1.807, 2.05) is 6.07 Å². The lowest BCUT2D eigenvalue weighted by Gasteiger charge is -2.05. The van der Waals surface area contributed by atoms with Crippen molar-refractivity contribution in [1.29, 1.82) is 0 Å². The number of benzene rings is 1. The highest BCUT2D eigenvalue weighted by molar-refractivity contribution is 6.04. The summed E-state index contributed by atoms with van der Waals surface area (Å²) in [6.45, 7) is 0. The molecule has 0 aliphatic rings. The smallest absolute Gasteiger partial charge is 0.255 e. The van der Waals surface area contributed by atoms with Crippen molar-refractivity contribution in [2.24, 2.45) is 0 Å². The molecule has 0 radical (unpaired) electrons. The van der Waals surface area contributed by atoms with Gasteiger partial charge in [0.05, 0.1) is 0 Å². The van der Waals surface area contributed by atoms with E-state index in [9.17, 15) is 4.79 Å². The van der Waals surface area contributed by atoms with Crippen LogP contribution in [0.1, 0.15) is 10.4 Å². The van der Waals surface area contributed by atoms with E-state index < -0.39 is 0 Å². The minimum atomic E-state index is -0.183. The molecule has 3 aromatic rings. The molecule has 1 aromatic carbocycles. The maximum absolute atomic E-state index is 12.2. The number of nitrogens with one attached hydrogen (secondary N) is 2. The first kappa shape index (κ1) is 12.0. The minimum absolute atomic E-state index is 0.183. The van der Waals surface area contributed by atoms with Gasteiger partial charge in [-0.2, -0.15) is 5.10 Å². The summed E-state index contributed by atoms with van der Waals surface area (Å²) in [5.41, 5.74) is 2.07. The third kappa shape index (κ3) is 2.54. The maximum Gasteiger partial charge on any atom is 0.255 e. The van der Waals surface area contributed by atoms with Crippen molar-refractivity contribution >= 4 is 11.6 Å². The van der Waals surface area contributed by atoms with Gasteiger partial charge in [-0.05, 0) is 24.3 Å². The molecule has 0 atom stereocenters. The Morgan fingerprint density at radius 2 is 2.00 bits per heavy atom. The van der Waals surface area contributed by atoms with Gasteiger partial charge in [0.25, 0.3) is 5.91 Å². The predicted molar refractivity (Wildman–Crippen MR) is 74.0 cm³/mol. The van der Waals surface area contributed by atoms with Crippen LogP contribution >= 0.6 is 0 Å². The molecule has 98 valence electrons. The molecular formula is C14H11N5O. The number of carbonyl (C=O) groups excluding carboxylic acids is 1. The minimum Gasteiger partial charge on any atom is -0.322 e. The highest BCUT2D eigenvalue weighted by Crippen LogP contribution is 2.16. The van der Waals surface area contributed by atoms with Crippen molar-refractivity contribution in [2.45, 2.75) is 0 Å². The maximum atomic E-state index is 12.2. The van der Waals surface area contributed by atoms with E-state index in [0.29, 0.717) is 17.1 Å². The molecule has 2 aromatic heterocycles. The highest BCUT2D eigenvalue weighted by Gasteiger charge is 2.08. The predicted octanol–water partition coefficient (Wildman–Crippen LogP) is 2.12. The molecule has 0 aliphatic heterocycles. The molecule has 0 bridgehead atoms. The van der Waals surface area contributed by atoms with E-state index >= 15 is 0 Å². The number of nitrogens with zero attached hydrogens (tertiary/aromatic N) is 3. The summed E-state index contributed by atoms with van der Waals surface area (Å²) in [6.07, 6.45) is 4.68. The number of hydrogen-bond acceptors (Lipinski definition) is 4. The number of H-pyrrole nitrogens is 1. The first-order valence-corrected chi connectivity index (χ1v) is 6.00. The van der Waals surface area contributed by atoms with Gasteiger partial charge in [0.1, 0.15) is 6.33 Å². The van der Waals surface area contributed by atoms with Crippen LogP contribution < -0.4 is 5.32 Å². The Balaban J connectivity index is 1.84. The Bertz CT molecular complexity index is 709. The number of pyridine rings is 1. The third-order valence-corrected chi connectivity index (χ3v) is 2.75. The van der Waals surface area contributed by atoms with E-state index in [2.05, 4.69) is 25.5 Å². The molecule has 0 fully saturated rings. The molecule has 0 aliphatic carbocycles. The number of aromatic amines is 1. The molecule has 3 rings (SSSR count). The van der Waals surface area contributed by atoms with Gasteiger partial charge in [0, 0.05) is 29.2 Å². The number of amides is 1. The normalized spacial score (nSPS) is 10.2. The molecule has 6 nitrogen and oxygen atoms in total. The molecule has 1 amide bonds. The monoisotopic (exact) mass is 265 g/mol. The van der Waals surface area contributed by atoms with Crippen LogP contribution in [0, 0.1) is 0 Å². The van der Waals surface area contributed by atoms with Gasteiger partial charge in [0.15, 0.2) is 5.82 Å². The fourth-order valence-electron chi connectivity index (χ4n) is 1.79. The van der Waals surface area contributed by atoms with Crippen molar-refractivity contribution in [3.05, 3.63) is 60.7 Å². The van der Waals surface area contributed by atoms with Crippen LogP contribution in [0.15, 0.2) is 55.1 Å². The second-order valence-corrected chi connectivity index (χ2v) is 4.10. The van der Waals surface area contributed by atoms with E-state index in [0.717, 1.165) is 5.56 Å². The van der Waals surface area contributed by atoms with Crippen molar-refractivity contribution in [1.82, 2.24) is 20.2 Å². The van der Waals surface area contributed by atoms with Gasteiger partial charge in [0.2, 0.25) is 0 Å². The number of carbonyl (C=O) groups is 1. The van der Waals surface area contributed by atoms with E-state index in [4.69, 9.17) is 0 Å². The molecule has 2 heterocycles. The number of aromatic nitrogens is 4. The number of hydrogen-bond donors (Lipinski definition) is 2. The zero-order valence-electron chi connectivity index (χ0n) is 10.4. The summed E-state index contributed by atoms with van der Waals surface area (Å²) >= 11 is 0. The summed E-state index contributed by atoms with van der Waals surface area (Å²) in [6, 6.07) is 10.6. The van der Waals surface area contributed by atoms with Crippen molar-refractivity contribution in [3.8, 4) is 11.4 Å². The van der Waals surface area contributed by atoms with Gasteiger partial charge < -0.3 is 5.32 Å². The van der Waals surface area contributed by atoms with Gasteiger partial charge in [-0.15, -0.1) is 0 Å². The Hall–Kier alpha value is -3.02. The topological polar surface area (TPSA) is 83.6 Å². The zero-order chi connectivity index (χ0) is 13.8. The lowest BCUT2D eigenvalue weighted by molar-refractivity contribution is 0.102. The van der Waals surface area contributed by atoms with Crippen LogP contribution in [0.4, 0.5) is 5.69 Å². The fraction of sp³-hybridized carbons (Fsp3) is 0. The van der Waals surface area contributed by atoms with Crippen LogP contribution in [0.5, 0.6) is 0 Å². The Morgan fingerprint density at radius 3 is 2.75 bits per heavy atom. The van der Waals surface area contributed by atoms with E-state index in [1.54, 1.807) is 42.7 Å². The quantitative estimate of drug-likeness (QED) is 0.759. The molecule has 0 spiro atoms. The molecule has 20 heavy (non-hydrogen) atoms. The van der Waals surface area contributed by atoms with E-state index in [-0.39, 0.29) is 5.91 Å². The van der Waals surface area contributed by atoms with Gasteiger partial charge in [-0.25, -0.2) is 4.98 Å². The largest absolute Gasteiger partial charge is 0.322 e. The highest BCUT2D eigenvalue weighted by atomic mass is 16.1. The molecule has 0 saturated carbocycles. The van der Waals surface area contributed by atoms with Crippen molar-refractivity contribution < 1.29 is 4.79 Å². The summed E-state index contributed by atoms with van der Waals surface area (Å²) in [4.78, 5) is 20.1. The van der Waals surface area contributed by atoms with Crippen LogP contribution in [0.25, 0.3) is 11.4 Å². The number of rotatable bonds is 3. The fourth-order valence-corrected chi connectivity index (χ4v) is 1.79. The van der Waals surface area contributed by atoms with Crippen LogP contribution in [0.3, 0.4) is 0 Å². The lowest BCUT2D eigenvalue weighted by Crippen LogP contribution is -2.11. The molecule has 0 saturated heterocycles. The van der Waals surface area contributed by atoms with Crippen LogP contribution in [-0.2, 0) is 0 Å². The molecule has 2 N–H and O–H groups in total. The first-order valence-electron chi connectivity index (χ1n) is 6.00. The first-order chi connectivity index (χ1) is 9.83. The Kier molecular flexibility index (Phi) is 3.20. The summed E-state index contributed by atoms with van der Waals surface area (Å²) in [5, 5.41) is 9.37. The SMILES string of the molecule is O=C(Nc1ccncc1)c1cccc(-c2ncn[nH]2)c1. The van der Waals surface area contributed by atoms with Crippen molar-refractivity contribution in [2.75, 3.05) is 5.32 Å². The van der Waals surface area contributed by atoms with Crippen molar-refractivity contribution in [3.63, 3.8) is 0 Å². The summed E-state index contributed by atoms with van der Waals surface area (Å²) in [5.74, 6) is 0.445. The Labute approximate surface area is 114 Å². The summed E-state index contributed by atoms with van der Waals surface area (Å²) in [7, 11) is 0. The van der Waals surface area contributed by atoms with Crippen LogP contribution in [0.2, 0.25) is 0 Å². The number of anilines is 1. The van der Waals surface area contributed by atoms with E-state index in [1.165, 1.54) is 6.33 Å².